The molecule has 0 N–H and O–H groups in total. The predicted molar refractivity (Wildman–Crippen MR) is 97.0 cm³/mol. The molecule has 136 valence electrons. The Bertz CT molecular complexity index is 684. The number of hydrogen-bond donors (Lipinski definition) is 0. The molecule has 2 atom stereocenters. The van der Waals surface area contributed by atoms with Crippen molar-refractivity contribution in [2.45, 2.75) is 58.2 Å². The second-order valence-corrected chi connectivity index (χ2v) is 8.37. The van der Waals surface area contributed by atoms with Crippen LogP contribution in [0.3, 0.4) is 0 Å². The highest BCUT2D eigenvalue weighted by atomic mass is 35.5. The summed E-state index contributed by atoms with van der Waals surface area (Å²) in [4.78, 5) is 29.0. The second kappa shape index (κ2) is 6.52. The largest absolute Gasteiger partial charge is 0.444 e. The van der Waals surface area contributed by atoms with Crippen LogP contribution in [0.25, 0.3) is 0 Å². The van der Waals surface area contributed by atoms with Crippen LogP contribution in [-0.2, 0) is 4.74 Å². The SMILES string of the molecule is Cc1ccc(C(=O)N2[C@@H]3CC[C@H]2CN(C(=O)OC(C)(C)C)C3)c(Cl)c1. The number of amides is 2. The molecular formula is C19H25ClN2O3. The molecular weight excluding hydrogens is 340 g/mol. The van der Waals surface area contributed by atoms with Crippen molar-refractivity contribution in [3.05, 3.63) is 34.3 Å². The highest BCUT2D eigenvalue weighted by molar-refractivity contribution is 6.33. The molecule has 5 nitrogen and oxygen atoms in total. The summed E-state index contributed by atoms with van der Waals surface area (Å²) in [6.07, 6.45) is 1.50. The van der Waals surface area contributed by atoms with Crippen molar-refractivity contribution in [3.63, 3.8) is 0 Å². The second-order valence-electron chi connectivity index (χ2n) is 7.97. The molecule has 2 amide bonds. The molecule has 0 aliphatic carbocycles. The average Bonchev–Trinajstić information content (AvgIpc) is 2.74. The highest BCUT2D eigenvalue weighted by Gasteiger charge is 2.45. The maximum Gasteiger partial charge on any atom is 0.410 e. The number of likely N-dealkylation sites (tertiary alicyclic amines) is 1. The van der Waals surface area contributed by atoms with E-state index in [4.69, 9.17) is 16.3 Å². The number of carbonyl (C=O) groups is 2. The van der Waals surface area contributed by atoms with Crippen molar-refractivity contribution in [2.75, 3.05) is 13.1 Å². The maximum absolute atomic E-state index is 13.0. The van der Waals surface area contributed by atoms with Gasteiger partial charge in [-0.05, 0) is 58.2 Å². The summed E-state index contributed by atoms with van der Waals surface area (Å²) >= 11 is 6.28. The zero-order valence-electron chi connectivity index (χ0n) is 15.2. The number of ether oxygens (including phenoxy) is 1. The lowest BCUT2D eigenvalue weighted by Gasteiger charge is -2.41. The minimum Gasteiger partial charge on any atom is -0.444 e. The quantitative estimate of drug-likeness (QED) is 0.760. The lowest BCUT2D eigenvalue weighted by atomic mass is 10.1. The van der Waals surface area contributed by atoms with E-state index >= 15 is 0 Å². The topological polar surface area (TPSA) is 49.9 Å². The third-order valence-corrected chi connectivity index (χ3v) is 5.04. The third kappa shape index (κ3) is 3.76. The van der Waals surface area contributed by atoms with Crippen molar-refractivity contribution in [2.24, 2.45) is 0 Å². The fourth-order valence-electron chi connectivity index (χ4n) is 3.64. The van der Waals surface area contributed by atoms with E-state index in [1.54, 1.807) is 11.0 Å². The normalized spacial score (nSPS) is 22.9. The molecule has 1 aromatic carbocycles. The Balaban J connectivity index is 1.74. The van der Waals surface area contributed by atoms with Crippen LogP contribution < -0.4 is 0 Å². The summed E-state index contributed by atoms with van der Waals surface area (Å²) in [7, 11) is 0. The first kappa shape index (κ1) is 18.1. The van der Waals surface area contributed by atoms with Crippen molar-refractivity contribution < 1.29 is 14.3 Å². The number of fused-ring (bicyclic) bond motifs is 2. The molecule has 25 heavy (non-hydrogen) atoms. The summed E-state index contributed by atoms with van der Waals surface area (Å²) in [5, 5.41) is 0.485. The lowest BCUT2D eigenvalue weighted by Crippen LogP contribution is -2.57. The van der Waals surface area contributed by atoms with E-state index in [1.165, 1.54) is 0 Å². The predicted octanol–water partition coefficient (Wildman–Crippen LogP) is 3.87. The summed E-state index contributed by atoms with van der Waals surface area (Å²) in [6.45, 7) is 8.56. The van der Waals surface area contributed by atoms with Gasteiger partial charge in [0.2, 0.25) is 0 Å². The molecule has 1 aromatic rings. The number of aryl methyl sites for hydroxylation is 1. The summed E-state index contributed by atoms with van der Waals surface area (Å²) < 4.78 is 5.48. The summed E-state index contributed by atoms with van der Waals surface area (Å²) in [5.41, 5.74) is 1.05. The molecule has 0 radical (unpaired) electrons. The van der Waals surface area contributed by atoms with Crippen LogP contribution in [0.4, 0.5) is 4.79 Å². The third-order valence-electron chi connectivity index (χ3n) is 4.72. The number of hydrogen-bond acceptors (Lipinski definition) is 3. The van der Waals surface area contributed by atoms with Gasteiger partial charge in [0, 0.05) is 13.1 Å². The Hall–Kier alpha value is -1.75. The first-order chi connectivity index (χ1) is 11.7. The minimum absolute atomic E-state index is 0.0242. The molecule has 0 spiro atoms. The van der Waals surface area contributed by atoms with Gasteiger partial charge < -0.3 is 14.5 Å². The van der Waals surface area contributed by atoms with Crippen LogP contribution in [-0.4, -0.2) is 52.6 Å². The first-order valence-corrected chi connectivity index (χ1v) is 9.10. The van der Waals surface area contributed by atoms with Crippen molar-refractivity contribution >= 4 is 23.6 Å². The standard InChI is InChI=1S/C19H25ClN2O3/c1-12-5-8-15(16(20)9-12)17(23)22-13-6-7-14(22)11-21(10-13)18(24)25-19(2,3)4/h5,8-9,13-14H,6-7,10-11H2,1-4H3/t13-,14+. The van der Waals surface area contributed by atoms with E-state index in [2.05, 4.69) is 0 Å². The Morgan fingerprint density at radius 3 is 2.28 bits per heavy atom. The van der Waals surface area contributed by atoms with E-state index in [0.717, 1.165) is 18.4 Å². The maximum atomic E-state index is 13.0. The van der Waals surface area contributed by atoms with Gasteiger partial charge in [0.25, 0.3) is 5.91 Å². The fourth-order valence-corrected chi connectivity index (χ4v) is 3.96. The van der Waals surface area contributed by atoms with Crippen molar-refractivity contribution in [1.82, 2.24) is 9.80 Å². The van der Waals surface area contributed by atoms with Gasteiger partial charge in [-0.3, -0.25) is 4.79 Å². The number of piperazine rings is 1. The van der Waals surface area contributed by atoms with Gasteiger partial charge in [-0.2, -0.15) is 0 Å². The van der Waals surface area contributed by atoms with Gasteiger partial charge in [0.05, 0.1) is 22.7 Å². The fraction of sp³-hybridized carbons (Fsp3) is 0.579. The zero-order valence-corrected chi connectivity index (χ0v) is 16.0. The van der Waals surface area contributed by atoms with Crippen LogP contribution >= 0.6 is 11.6 Å². The van der Waals surface area contributed by atoms with Crippen LogP contribution in [0.2, 0.25) is 5.02 Å². The smallest absolute Gasteiger partial charge is 0.410 e. The van der Waals surface area contributed by atoms with Gasteiger partial charge in [-0.15, -0.1) is 0 Å². The summed E-state index contributed by atoms with van der Waals surface area (Å²) in [5.74, 6) is -0.0404. The van der Waals surface area contributed by atoms with E-state index < -0.39 is 5.60 Å². The molecule has 2 heterocycles. The number of nitrogens with zero attached hydrogens (tertiary/aromatic N) is 2. The average molecular weight is 365 g/mol. The highest BCUT2D eigenvalue weighted by Crippen LogP contribution is 2.33. The van der Waals surface area contributed by atoms with E-state index in [9.17, 15) is 9.59 Å². The van der Waals surface area contributed by atoms with Gasteiger partial charge in [0.15, 0.2) is 0 Å². The van der Waals surface area contributed by atoms with Gasteiger partial charge in [0.1, 0.15) is 5.60 Å². The van der Waals surface area contributed by atoms with E-state index in [0.29, 0.717) is 23.7 Å². The number of rotatable bonds is 1. The first-order valence-electron chi connectivity index (χ1n) is 8.72. The number of benzene rings is 1. The lowest BCUT2D eigenvalue weighted by molar-refractivity contribution is 0.00240. The van der Waals surface area contributed by atoms with E-state index in [1.807, 2.05) is 44.7 Å². The molecule has 2 bridgehead atoms. The Kier molecular flexibility index (Phi) is 4.71. The van der Waals surface area contributed by atoms with Crippen LogP contribution in [0, 0.1) is 6.92 Å². The Morgan fingerprint density at radius 1 is 1.16 bits per heavy atom. The number of carbonyl (C=O) groups excluding carboxylic acids is 2. The molecule has 2 aliphatic heterocycles. The minimum atomic E-state index is -0.515. The molecule has 2 aliphatic rings. The van der Waals surface area contributed by atoms with Crippen molar-refractivity contribution in [3.8, 4) is 0 Å². The molecule has 0 aromatic heterocycles. The molecule has 2 fully saturated rings. The van der Waals surface area contributed by atoms with Crippen LogP contribution in [0.1, 0.15) is 49.5 Å². The molecule has 6 heteroatoms. The zero-order chi connectivity index (χ0) is 18.4. The van der Waals surface area contributed by atoms with Gasteiger partial charge in [-0.25, -0.2) is 4.79 Å². The Morgan fingerprint density at radius 2 is 1.76 bits per heavy atom. The van der Waals surface area contributed by atoms with Gasteiger partial charge >= 0.3 is 6.09 Å². The molecule has 0 saturated carbocycles. The Labute approximate surface area is 153 Å². The van der Waals surface area contributed by atoms with E-state index in [-0.39, 0.29) is 24.1 Å². The molecule has 0 unspecified atom stereocenters. The van der Waals surface area contributed by atoms with Crippen molar-refractivity contribution in [1.29, 1.82) is 0 Å². The number of halogens is 1. The molecule has 2 saturated heterocycles. The van der Waals surface area contributed by atoms with Crippen LogP contribution in [0.5, 0.6) is 0 Å². The summed E-state index contributed by atoms with van der Waals surface area (Å²) in [6, 6.07) is 5.55. The van der Waals surface area contributed by atoms with Crippen LogP contribution in [0.15, 0.2) is 18.2 Å². The monoisotopic (exact) mass is 364 g/mol. The van der Waals surface area contributed by atoms with Gasteiger partial charge in [-0.1, -0.05) is 17.7 Å². The molecule has 3 rings (SSSR count).